The first kappa shape index (κ1) is 14.8. The molecule has 0 amide bonds. The number of nitrogens with zero attached hydrogens (tertiary/aromatic N) is 3. The summed E-state index contributed by atoms with van der Waals surface area (Å²) in [6.45, 7) is 2.13. The molecule has 1 aliphatic rings. The van der Waals surface area contributed by atoms with Crippen LogP contribution < -0.4 is 4.90 Å². The van der Waals surface area contributed by atoms with Crippen LogP contribution in [0.25, 0.3) is 22.4 Å². The average molecular weight is 345 g/mol. The van der Waals surface area contributed by atoms with E-state index in [4.69, 9.17) is 11.6 Å². The van der Waals surface area contributed by atoms with Crippen LogP contribution in [0.5, 0.6) is 0 Å². The standard InChI is InChI=1S/C17H17ClN4S/c1-23-10-11-8-22(9-11)16-6-12(13(18)7-19-16)17-20-14-4-2-3-5-15(14)21-17/h2-7,11H,8-10H2,1H3,(H,20,21). The second kappa shape index (κ2) is 6.06. The number of benzene rings is 1. The molecule has 1 N–H and O–H groups in total. The van der Waals surface area contributed by atoms with Crippen LogP contribution in [0.1, 0.15) is 0 Å². The van der Waals surface area contributed by atoms with E-state index < -0.39 is 0 Å². The smallest absolute Gasteiger partial charge is 0.140 e. The zero-order chi connectivity index (χ0) is 15.8. The van der Waals surface area contributed by atoms with Gasteiger partial charge in [-0.25, -0.2) is 9.97 Å². The van der Waals surface area contributed by atoms with Crippen LogP contribution >= 0.6 is 23.4 Å². The molecule has 0 atom stereocenters. The Hall–Kier alpha value is -1.72. The largest absolute Gasteiger partial charge is 0.356 e. The summed E-state index contributed by atoms with van der Waals surface area (Å²) in [4.78, 5) is 14.8. The van der Waals surface area contributed by atoms with Crippen molar-refractivity contribution in [2.75, 3.05) is 30.0 Å². The number of anilines is 1. The van der Waals surface area contributed by atoms with Gasteiger partial charge in [-0.2, -0.15) is 11.8 Å². The molecule has 6 heteroatoms. The van der Waals surface area contributed by atoms with Crippen LogP contribution in [0.4, 0.5) is 5.82 Å². The van der Waals surface area contributed by atoms with E-state index in [9.17, 15) is 0 Å². The van der Waals surface area contributed by atoms with Gasteiger partial charge in [0.2, 0.25) is 0 Å². The van der Waals surface area contributed by atoms with E-state index in [2.05, 4.69) is 26.1 Å². The molecule has 23 heavy (non-hydrogen) atoms. The molecule has 1 aliphatic heterocycles. The number of para-hydroxylation sites is 2. The highest BCUT2D eigenvalue weighted by atomic mass is 35.5. The maximum absolute atomic E-state index is 6.36. The molecule has 0 saturated carbocycles. The Labute approximate surface area is 144 Å². The molecule has 2 aromatic heterocycles. The molecule has 3 heterocycles. The summed E-state index contributed by atoms with van der Waals surface area (Å²) in [5.41, 5.74) is 2.86. The minimum Gasteiger partial charge on any atom is -0.356 e. The Balaban J connectivity index is 1.65. The third-order valence-electron chi connectivity index (χ3n) is 4.17. The van der Waals surface area contributed by atoms with Gasteiger partial charge in [0.05, 0.1) is 16.1 Å². The molecule has 1 saturated heterocycles. The third-order valence-corrected chi connectivity index (χ3v) is 5.27. The second-order valence-electron chi connectivity index (χ2n) is 5.85. The number of rotatable bonds is 4. The number of nitrogens with one attached hydrogen (secondary N) is 1. The Kier molecular flexibility index (Phi) is 3.91. The number of imidazole rings is 1. The van der Waals surface area contributed by atoms with Gasteiger partial charge in [0.1, 0.15) is 11.6 Å². The molecule has 4 nitrogen and oxygen atoms in total. The molecule has 1 aromatic carbocycles. The highest BCUT2D eigenvalue weighted by Gasteiger charge is 2.27. The van der Waals surface area contributed by atoms with Crippen molar-refractivity contribution in [1.29, 1.82) is 0 Å². The lowest BCUT2D eigenvalue weighted by molar-refractivity contribution is 0.451. The number of thioether (sulfide) groups is 1. The monoisotopic (exact) mass is 344 g/mol. The van der Waals surface area contributed by atoms with Gasteiger partial charge in [-0.05, 0) is 30.2 Å². The minimum atomic E-state index is 0.619. The highest BCUT2D eigenvalue weighted by Crippen LogP contribution is 2.32. The Morgan fingerprint density at radius 1 is 1.35 bits per heavy atom. The van der Waals surface area contributed by atoms with Gasteiger partial charge in [-0.15, -0.1) is 0 Å². The van der Waals surface area contributed by atoms with Gasteiger partial charge in [0.15, 0.2) is 0 Å². The fourth-order valence-corrected chi connectivity index (χ4v) is 3.84. The zero-order valence-electron chi connectivity index (χ0n) is 12.8. The van der Waals surface area contributed by atoms with E-state index in [0.717, 1.165) is 47.2 Å². The number of H-pyrrole nitrogens is 1. The average Bonchev–Trinajstić information content (AvgIpc) is 2.95. The minimum absolute atomic E-state index is 0.619. The summed E-state index contributed by atoms with van der Waals surface area (Å²) < 4.78 is 0. The molecule has 3 aromatic rings. The van der Waals surface area contributed by atoms with Gasteiger partial charge in [0, 0.05) is 30.8 Å². The quantitative estimate of drug-likeness (QED) is 0.774. The van der Waals surface area contributed by atoms with Gasteiger partial charge in [-0.3, -0.25) is 0 Å². The first-order chi connectivity index (χ1) is 11.2. The number of hydrogen-bond acceptors (Lipinski definition) is 4. The van der Waals surface area contributed by atoms with Crippen LogP contribution in [-0.2, 0) is 0 Å². The van der Waals surface area contributed by atoms with Gasteiger partial charge in [-0.1, -0.05) is 23.7 Å². The number of halogens is 1. The molecule has 1 fully saturated rings. The van der Waals surface area contributed by atoms with Gasteiger partial charge < -0.3 is 9.88 Å². The lowest BCUT2D eigenvalue weighted by Crippen LogP contribution is -2.48. The van der Waals surface area contributed by atoms with Crippen molar-refractivity contribution in [3.8, 4) is 11.4 Å². The van der Waals surface area contributed by atoms with Crippen molar-refractivity contribution in [3.63, 3.8) is 0 Å². The highest BCUT2D eigenvalue weighted by molar-refractivity contribution is 7.98. The van der Waals surface area contributed by atoms with E-state index in [1.165, 1.54) is 5.75 Å². The Morgan fingerprint density at radius 2 is 2.17 bits per heavy atom. The number of aromatic nitrogens is 3. The van der Waals surface area contributed by atoms with Crippen molar-refractivity contribution < 1.29 is 0 Å². The topological polar surface area (TPSA) is 44.8 Å². The summed E-state index contributed by atoms with van der Waals surface area (Å²) in [6, 6.07) is 10.0. The summed E-state index contributed by atoms with van der Waals surface area (Å²) >= 11 is 8.26. The lowest BCUT2D eigenvalue weighted by atomic mass is 10.0. The van der Waals surface area contributed by atoms with Gasteiger partial charge >= 0.3 is 0 Å². The Bertz CT molecular complexity index is 808. The normalized spacial score (nSPS) is 15.1. The molecule has 118 valence electrons. The van der Waals surface area contributed by atoms with Crippen LogP contribution in [0.3, 0.4) is 0 Å². The summed E-state index contributed by atoms with van der Waals surface area (Å²) in [7, 11) is 0. The molecular formula is C17H17ClN4S. The first-order valence-electron chi connectivity index (χ1n) is 7.59. The van der Waals surface area contributed by atoms with E-state index in [1.54, 1.807) is 6.20 Å². The SMILES string of the molecule is CSCC1CN(c2cc(-c3nc4ccccc4[nH]3)c(Cl)cn2)C1. The predicted molar refractivity (Wildman–Crippen MR) is 98.4 cm³/mol. The van der Waals surface area contributed by atoms with Crippen LogP contribution in [-0.4, -0.2) is 40.1 Å². The second-order valence-corrected chi connectivity index (χ2v) is 7.17. The number of hydrogen-bond donors (Lipinski definition) is 1. The zero-order valence-corrected chi connectivity index (χ0v) is 14.4. The van der Waals surface area contributed by atoms with Crippen molar-refractivity contribution >= 4 is 40.2 Å². The van der Waals surface area contributed by atoms with Crippen LogP contribution in [0, 0.1) is 5.92 Å². The fourth-order valence-electron chi connectivity index (χ4n) is 2.96. The van der Waals surface area contributed by atoms with Crippen molar-refractivity contribution in [3.05, 3.63) is 41.6 Å². The van der Waals surface area contributed by atoms with Crippen molar-refractivity contribution in [1.82, 2.24) is 15.0 Å². The maximum atomic E-state index is 6.36. The molecular weight excluding hydrogens is 328 g/mol. The van der Waals surface area contributed by atoms with E-state index in [-0.39, 0.29) is 0 Å². The lowest BCUT2D eigenvalue weighted by Gasteiger charge is -2.40. The summed E-state index contributed by atoms with van der Waals surface area (Å²) in [6.07, 6.45) is 3.88. The van der Waals surface area contributed by atoms with Crippen molar-refractivity contribution in [2.24, 2.45) is 5.92 Å². The van der Waals surface area contributed by atoms with Crippen molar-refractivity contribution in [2.45, 2.75) is 0 Å². The van der Waals surface area contributed by atoms with Crippen LogP contribution in [0.2, 0.25) is 5.02 Å². The number of pyridine rings is 1. The molecule has 0 spiro atoms. The maximum Gasteiger partial charge on any atom is 0.140 e. The fraction of sp³-hybridized carbons (Fsp3) is 0.294. The molecule has 0 unspecified atom stereocenters. The van der Waals surface area contributed by atoms with E-state index in [1.807, 2.05) is 42.1 Å². The third kappa shape index (κ3) is 2.79. The summed E-state index contributed by atoms with van der Waals surface area (Å²) in [5.74, 6) is 3.74. The molecule has 0 radical (unpaired) electrons. The van der Waals surface area contributed by atoms with E-state index >= 15 is 0 Å². The predicted octanol–water partition coefficient (Wildman–Crippen LogP) is 4.08. The summed E-state index contributed by atoms with van der Waals surface area (Å²) in [5, 5.41) is 0.619. The molecule has 0 bridgehead atoms. The molecule has 4 rings (SSSR count). The Morgan fingerprint density at radius 3 is 2.96 bits per heavy atom. The molecule has 0 aliphatic carbocycles. The first-order valence-corrected chi connectivity index (χ1v) is 9.36. The van der Waals surface area contributed by atoms with Gasteiger partial charge in [0.25, 0.3) is 0 Å². The van der Waals surface area contributed by atoms with Crippen LogP contribution in [0.15, 0.2) is 36.5 Å². The van der Waals surface area contributed by atoms with E-state index in [0.29, 0.717) is 5.02 Å². The number of fused-ring (bicyclic) bond motifs is 1. The number of aromatic amines is 1.